The fourth-order valence-corrected chi connectivity index (χ4v) is 2.35. The third kappa shape index (κ3) is 4.43. The van der Waals surface area contributed by atoms with E-state index in [0.29, 0.717) is 6.42 Å². The van der Waals surface area contributed by atoms with E-state index in [4.69, 9.17) is 6.42 Å². The highest BCUT2D eigenvalue weighted by molar-refractivity contribution is 7.89. The number of sulfonamides is 1. The molecule has 0 saturated heterocycles. The van der Waals surface area contributed by atoms with Crippen molar-refractivity contribution in [1.29, 1.82) is 0 Å². The van der Waals surface area contributed by atoms with Crippen LogP contribution in [0.4, 0.5) is 0 Å². The van der Waals surface area contributed by atoms with Crippen molar-refractivity contribution in [2.24, 2.45) is 0 Å². The van der Waals surface area contributed by atoms with Gasteiger partial charge in [-0.2, -0.15) is 0 Å². The molecule has 86 valence electrons. The molecular formula is C11H14N2O2S. The highest BCUT2D eigenvalue weighted by Crippen LogP contribution is 1.98. The number of terminal acetylenes is 1. The van der Waals surface area contributed by atoms with E-state index in [1.54, 1.807) is 25.3 Å². The van der Waals surface area contributed by atoms with Crippen LogP contribution in [0.3, 0.4) is 0 Å². The second-order valence-electron chi connectivity index (χ2n) is 3.40. The molecule has 0 aromatic carbocycles. The Morgan fingerprint density at radius 2 is 2.31 bits per heavy atom. The van der Waals surface area contributed by atoms with Crippen molar-refractivity contribution in [2.75, 3.05) is 5.75 Å². The van der Waals surface area contributed by atoms with Gasteiger partial charge in [-0.25, -0.2) is 13.1 Å². The molecule has 1 atom stereocenters. The van der Waals surface area contributed by atoms with E-state index in [1.807, 2.05) is 6.07 Å². The third-order valence-electron chi connectivity index (χ3n) is 1.96. The summed E-state index contributed by atoms with van der Waals surface area (Å²) < 4.78 is 25.5. The Morgan fingerprint density at radius 1 is 1.56 bits per heavy atom. The summed E-state index contributed by atoms with van der Waals surface area (Å²) in [5.74, 6) is 2.31. The summed E-state index contributed by atoms with van der Waals surface area (Å²) in [6.45, 7) is 1.62. The van der Waals surface area contributed by atoms with E-state index >= 15 is 0 Å². The topological polar surface area (TPSA) is 59.1 Å². The maximum Gasteiger partial charge on any atom is 0.213 e. The van der Waals surface area contributed by atoms with E-state index in [1.165, 1.54) is 0 Å². The number of hydrogen-bond acceptors (Lipinski definition) is 3. The lowest BCUT2D eigenvalue weighted by molar-refractivity contribution is 0.576. The molecule has 0 saturated carbocycles. The van der Waals surface area contributed by atoms with Gasteiger partial charge < -0.3 is 0 Å². The summed E-state index contributed by atoms with van der Waals surface area (Å²) in [7, 11) is -3.32. The molecule has 0 amide bonds. The standard InChI is InChI=1S/C11H14N2O2S/c1-3-10(2)13-16(14,15)9-7-11-6-4-5-8-12-11/h1,4-6,8,10,13H,7,9H2,2H3. The zero-order chi connectivity index (χ0) is 12.0. The SMILES string of the molecule is C#CC(C)NS(=O)(=O)CCc1ccccn1. The molecule has 5 heteroatoms. The van der Waals surface area contributed by atoms with Gasteiger partial charge in [0.1, 0.15) is 0 Å². The molecule has 0 aliphatic carbocycles. The van der Waals surface area contributed by atoms with Gasteiger partial charge >= 0.3 is 0 Å². The Hall–Kier alpha value is -1.38. The molecule has 0 aliphatic heterocycles. The van der Waals surface area contributed by atoms with Crippen molar-refractivity contribution in [3.8, 4) is 12.3 Å². The Balaban J connectivity index is 2.53. The first kappa shape index (κ1) is 12.7. The number of hydrogen-bond donors (Lipinski definition) is 1. The molecular weight excluding hydrogens is 224 g/mol. The summed E-state index contributed by atoms with van der Waals surface area (Å²) in [6, 6.07) is 4.93. The molecule has 4 nitrogen and oxygen atoms in total. The Morgan fingerprint density at radius 3 is 2.88 bits per heavy atom. The number of nitrogens with one attached hydrogen (secondary N) is 1. The first-order valence-corrected chi connectivity index (χ1v) is 6.55. The summed E-state index contributed by atoms with van der Waals surface area (Å²) >= 11 is 0. The van der Waals surface area contributed by atoms with Crippen molar-refractivity contribution in [3.05, 3.63) is 30.1 Å². The van der Waals surface area contributed by atoms with Gasteiger partial charge in [-0.1, -0.05) is 12.0 Å². The zero-order valence-corrected chi connectivity index (χ0v) is 9.87. The molecule has 0 bridgehead atoms. The third-order valence-corrected chi connectivity index (χ3v) is 3.41. The fraction of sp³-hybridized carbons (Fsp3) is 0.364. The zero-order valence-electron chi connectivity index (χ0n) is 9.05. The van der Waals surface area contributed by atoms with Gasteiger partial charge in [-0.15, -0.1) is 6.42 Å². The highest BCUT2D eigenvalue weighted by Gasteiger charge is 2.12. The minimum Gasteiger partial charge on any atom is -0.261 e. The molecule has 1 unspecified atom stereocenters. The minimum atomic E-state index is -3.32. The van der Waals surface area contributed by atoms with Crippen LogP contribution in [-0.4, -0.2) is 25.2 Å². The summed E-state index contributed by atoms with van der Waals surface area (Å²) in [4.78, 5) is 4.05. The summed E-state index contributed by atoms with van der Waals surface area (Å²) in [5.41, 5.74) is 0.751. The van der Waals surface area contributed by atoms with E-state index in [9.17, 15) is 8.42 Å². The van der Waals surface area contributed by atoms with Gasteiger partial charge in [0.25, 0.3) is 0 Å². The van der Waals surface area contributed by atoms with E-state index < -0.39 is 16.1 Å². The van der Waals surface area contributed by atoms with E-state index in [0.717, 1.165) is 5.69 Å². The Labute approximate surface area is 96.2 Å². The van der Waals surface area contributed by atoms with Gasteiger partial charge in [0.15, 0.2) is 0 Å². The maximum absolute atomic E-state index is 11.5. The molecule has 1 rings (SSSR count). The van der Waals surface area contributed by atoms with Crippen molar-refractivity contribution >= 4 is 10.0 Å². The Kier molecular flexibility index (Phi) is 4.47. The fourth-order valence-electron chi connectivity index (χ4n) is 1.15. The highest BCUT2D eigenvalue weighted by atomic mass is 32.2. The van der Waals surface area contributed by atoms with Crippen molar-refractivity contribution < 1.29 is 8.42 Å². The minimum absolute atomic E-state index is 0.00394. The summed E-state index contributed by atoms with van der Waals surface area (Å²) in [5, 5.41) is 0. The average molecular weight is 238 g/mol. The molecule has 1 aromatic rings. The monoisotopic (exact) mass is 238 g/mol. The number of aromatic nitrogens is 1. The van der Waals surface area contributed by atoms with Crippen LogP contribution < -0.4 is 4.72 Å². The predicted molar refractivity (Wildman–Crippen MR) is 63.2 cm³/mol. The maximum atomic E-state index is 11.5. The van der Waals surface area contributed by atoms with Crippen LogP contribution in [-0.2, 0) is 16.4 Å². The van der Waals surface area contributed by atoms with Gasteiger partial charge in [0.05, 0.1) is 11.8 Å². The van der Waals surface area contributed by atoms with E-state index in [-0.39, 0.29) is 5.75 Å². The number of pyridine rings is 1. The van der Waals surface area contributed by atoms with Crippen LogP contribution in [0.5, 0.6) is 0 Å². The van der Waals surface area contributed by atoms with Crippen LogP contribution in [0.25, 0.3) is 0 Å². The lowest BCUT2D eigenvalue weighted by Crippen LogP contribution is -2.33. The summed E-state index contributed by atoms with van der Waals surface area (Å²) in [6.07, 6.45) is 7.12. The van der Waals surface area contributed by atoms with Crippen LogP contribution in [0.15, 0.2) is 24.4 Å². The van der Waals surface area contributed by atoms with Crippen LogP contribution in [0.1, 0.15) is 12.6 Å². The molecule has 0 aliphatic rings. The predicted octanol–water partition coefficient (Wildman–Crippen LogP) is 0.565. The van der Waals surface area contributed by atoms with Crippen molar-refractivity contribution in [1.82, 2.24) is 9.71 Å². The number of nitrogens with zero attached hydrogens (tertiary/aromatic N) is 1. The average Bonchev–Trinajstić information content (AvgIpc) is 2.27. The van der Waals surface area contributed by atoms with Crippen molar-refractivity contribution in [3.63, 3.8) is 0 Å². The van der Waals surface area contributed by atoms with Gasteiger partial charge in [-0.05, 0) is 19.1 Å². The largest absolute Gasteiger partial charge is 0.261 e. The molecule has 0 radical (unpaired) electrons. The molecule has 1 heterocycles. The van der Waals surface area contributed by atoms with Crippen LogP contribution in [0.2, 0.25) is 0 Å². The normalized spacial score (nSPS) is 13.0. The number of rotatable bonds is 5. The molecule has 0 fully saturated rings. The molecule has 1 N–H and O–H groups in total. The number of aryl methyl sites for hydroxylation is 1. The smallest absolute Gasteiger partial charge is 0.213 e. The van der Waals surface area contributed by atoms with Crippen molar-refractivity contribution in [2.45, 2.75) is 19.4 Å². The van der Waals surface area contributed by atoms with Gasteiger partial charge in [0, 0.05) is 18.3 Å². The molecule has 1 aromatic heterocycles. The lowest BCUT2D eigenvalue weighted by Gasteiger charge is -2.08. The van der Waals surface area contributed by atoms with Crippen LogP contribution >= 0.6 is 0 Å². The molecule has 16 heavy (non-hydrogen) atoms. The van der Waals surface area contributed by atoms with E-state index in [2.05, 4.69) is 15.6 Å². The second kappa shape index (κ2) is 5.64. The molecule has 0 spiro atoms. The lowest BCUT2D eigenvalue weighted by atomic mass is 10.3. The quantitative estimate of drug-likeness (QED) is 0.763. The Bertz CT molecular complexity index is 463. The van der Waals surface area contributed by atoms with Crippen LogP contribution in [0, 0.1) is 12.3 Å². The first-order valence-electron chi connectivity index (χ1n) is 4.89. The van der Waals surface area contributed by atoms with Gasteiger partial charge in [0.2, 0.25) is 10.0 Å². The van der Waals surface area contributed by atoms with Gasteiger partial charge in [-0.3, -0.25) is 4.98 Å². The second-order valence-corrected chi connectivity index (χ2v) is 5.27. The first-order chi connectivity index (χ1) is 7.53.